The lowest BCUT2D eigenvalue weighted by Crippen LogP contribution is -2.48. The highest BCUT2D eigenvalue weighted by molar-refractivity contribution is 7.89. The summed E-state index contributed by atoms with van der Waals surface area (Å²) < 4.78 is 79.3. The molecule has 1 fully saturated rings. The molecule has 1 aliphatic heterocycles. The van der Waals surface area contributed by atoms with Gasteiger partial charge in [0.2, 0.25) is 18.3 Å². The summed E-state index contributed by atoms with van der Waals surface area (Å²) >= 11 is 0. The van der Waals surface area contributed by atoms with E-state index in [1.807, 2.05) is 19.6 Å². The maximum absolute atomic E-state index is 14.0. The van der Waals surface area contributed by atoms with Crippen LogP contribution >= 0.6 is 0 Å². The molecule has 2 N–H and O–H groups in total. The van der Waals surface area contributed by atoms with Crippen molar-refractivity contribution in [3.8, 4) is 5.75 Å². The minimum Gasteiger partial charge on any atom is -0.490 e. The van der Waals surface area contributed by atoms with Crippen LogP contribution in [0.15, 0.2) is 65.8 Å². The van der Waals surface area contributed by atoms with Crippen LogP contribution in [0.5, 0.6) is 5.75 Å². The largest absolute Gasteiger partial charge is 0.490 e. The smallest absolute Gasteiger partial charge is 0.416 e. The van der Waals surface area contributed by atoms with Crippen LogP contribution in [0.25, 0.3) is 0 Å². The van der Waals surface area contributed by atoms with E-state index in [1.165, 1.54) is 28.7 Å². The molecule has 4 rings (SSSR count). The van der Waals surface area contributed by atoms with Crippen LogP contribution < -0.4 is 10.2 Å². The van der Waals surface area contributed by atoms with E-state index in [0.29, 0.717) is 12.8 Å². The van der Waals surface area contributed by atoms with E-state index >= 15 is 0 Å². The van der Waals surface area contributed by atoms with Crippen molar-refractivity contribution in [2.45, 2.75) is 62.0 Å². The standard InChI is InChI=1S/C27H33F3N4O5SSi/c1-26(24-31-15-16-32-24,25(35)33-39-41(2,3)4)22-7-5-6-8-23(22)40(36,37)34-17-13-21(14-18-34)38-20-11-9-19(10-12-20)27(28,29)30/h5-12,15-16,21H,13-14,17-18H2,1-4H3,(H,31,32)(H,33,35). The molecule has 1 aromatic heterocycles. The molecule has 0 saturated carbocycles. The number of alkyl halides is 3. The zero-order valence-corrected chi connectivity index (χ0v) is 25.0. The summed E-state index contributed by atoms with van der Waals surface area (Å²) in [4.78, 5) is 20.8. The van der Waals surface area contributed by atoms with Gasteiger partial charge in [-0.2, -0.15) is 17.5 Å². The number of sulfonamides is 1. The number of nitrogens with one attached hydrogen (secondary N) is 2. The number of rotatable bonds is 9. The van der Waals surface area contributed by atoms with Crippen molar-refractivity contribution in [1.29, 1.82) is 0 Å². The van der Waals surface area contributed by atoms with Crippen LogP contribution in [0.2, 0.25) is 19.6 Å². The van der Waals surface area contributed by atoms with Gasteiger partial charge in [-0.3, -0.25) is 4.79 Å². The SMILES string of the molecule is CC(C(=O)NO[Si](C)(C)C)(c1ncc[nH]1)c1ccccc1S(=O)(=O)N1CCC(Oc2ccc(C(F)(F)F)cc2)CC1. The molecule has 14 heteroatoms. The van der Waals surface area contributed by atoms with Gasteiger partial charge in [-0.1, -0.05) is 18.2 Å². The number of benzene rings is 2. The lowest BCUT2D eigenvalue weighted by atomic mass is 9.81. The fourth-order valence-electron chi connectivity index (χ4n) is 4.55. The number of aromatic amines is 1. The van der Waals surface area contributed by atoms with Crippen LogP contribution in [0.3, 0.4) is 0 Å². The van der Waals surface area contributed by atoms with Crippen LogP contribution in [0, 0.1) is 0 Å². The fraction of sp³-hybridized carbons (Fsp3) is 0.407. The summed E-state index contributed by atoms with van der Waals surface area (Å²) in [5.41, 5.74) is 0.453. The molecule has 1 aliphatic rings. The number of carbonyl (C=O) groups excluding carboxylic acids is 1. The summed E-state index contributed by atoms with van der Waals surface area (Å²) in [5.74, 6) is -0.0351. The van der Waals surface area contributed by atoms with Crippen molar-refractivity contribution in [3.63, 3.8) is 0 Å². The third-order valence-electron chi connectivity index (χ3n) is 6.80. The summed E-state index contributed by atoms with van der Waals surface area (Å²) in [6, 6.07) is 10.7. The fourth-order valence-corrected chi connectivity index (χ4v) is 6.72. The first-order chi connectivity index (χ1) is 19.1. The lowest BCUT2D eigenvalue weighted by Gasteiger charge is -2.34. The lowest BCUT2D eigenvalue weighted by molar-refractivity contribution is -0.137. The Morgan fingerprint density at radius 2 is 1.71 bits per heavy atom. The minimum absolute atomic E-state index is 0.0378. The number of carbonyl (C=O) groups is 1. The highest BCUT2D eigenvalue weighted by Gasteiger charge is 2.45. The van der Waals surface area contributed by atoms with Gasteiger partial charge in [-0.25, -0.2) is 18.9 Å². The summed E-state index contributed by atoms with van der Waals surface area (Å²) in [7, 11) is -6.22. The topological polar surface area (TPSA) is 114 Å². The van der Waals surface area contributed by atoms with Gasteiger partial charge in [0.25, 0.3) is 5.91 Å². The van der Waals surface area contributed by atoms with Crippen LogP contribution in [-0.2, 0) is 30.9 Å². The van der Waals surface area contributed by atoms with Gasteiger partial charge < -0.3 is 14.2 Å². The average Bonchev–Trinajstić information content (AvgIpc) is 3.47. The van der Waals surface area contributed by atoms with Crippen molar-refractivity contribution in [1.82, 2.24) is 19.8 Å². The Kier molecular flexibility index (Phi) is 8.69. The van der Waals surface area contributed by atoms with Gasteiger partial charge >= 0.3 is 6.18 Å². The third-order valence-corrected chi connectivity index (χ3v) is 9.48. The third kappa shape index (κ3) is 6.82. The molecular weight excluding hydrogens is 577 g/mol. The van der Waals surface area contributed by atoms with Gasteiger partial charge in [-0.15, -0.1) is 0 Å². The predicted octanol–water partition coefficient (Wildman–Crippen LogP) is 4.85. The van der Waals surface area contributed by atoms with E-state index in [-0.39, 0.29) is 41.2 Å². The Hall–Kier alpha value is -3.20. The normalized spacial score (nSPS) is 17.1. The van der Waals surface area contributed by atoms with Gasteiger partial charge in [0, 0.05) is 25.5 Å². The van der Waals surface area contributed by atoms with Crippen LogP contribution in [0.4, 0.5) is 13.2 Å². The number of amides is 1. The molecule has 1 saturated heterocycles. The van der Waals surface area contributed by atoms with Crippen molar-refractivity contribution < 1.29 is 35.6 Å². The van der Waals surface area contributed by atoms with Crippen molar-refractivity contribution in [3.05, 3.63) is 77.9 Å². The van der Waals surface area contributed by atoms with E-state index in [9.17, 15) is 26.4 Å². The average molecular weight is 611 g/mol. The molecule has 3 aromatic rings. The number of halogens is 3. The molecule has 1 atom stereocenters. The Balaban J connectivity index is 1.55. The molecule has 0 spiro atoms. The predicted molar refractivity (Wildman–Crippen MR) is 148 cm³/mol. The number of imidazole rings is 1. The quantitative estimate of drug-likeness (QED) is 0.265. The first kappa shape index (κ1) is 30.7. The Labute approximate surface area is 238 Å². The van der Waals surface area contributed by atoms with E-state index < -0.39 is 41.4 Å². The molecule has 2 aromatic carbocycles. The van der Waals surface area contributed by atoms with Gasteiger partial charge in [-0.05, 0) is 75.3 Å². The molecule has 1 amide bonds. The summed E-state index contributed by atoms with van der Waals surface area (Å²) in [5, 5.41) is 0. The second-order valence-corrected chi connectivity index (χ2v) is 17.3. The monoisotopic (exact) mass is 610 g/mol. The van der Waals surface area contributed by atoms with E-state index in [1.54, 1.807) is 31.3 Å². The van der Waals surface area contributed by atoms with Gasteiger partial charge in [0.05, 0.1) is 10.5 Å². The number of nitrogens with zero attached hydrogens (tertiary/aromatic N) is 2. The van der Waals surface area contributed by atoms with Crippen molar-refractivity contribution in [2.24, 2.45) is 0 Å². The van der Waals surface area contributed by atoms with E-state index in [0.717, 1.165) is 12.1 Å². The zero-order valence-electron chi connectivity index (χ0n) is 23.2. The van der Waals surface area contributed by atoms with Crippen LogP contribution in [0.1, 0.15) is 36.7 Å². The number of hydrogen-bond acceptors (Lipinski definition) is 6. The molecule has 0 aliphatic carbocycles. The first-order valence-corrected chi connectivity index (χ1v) is 17.9. The number of aromatic nitrogens is 2. The first-order valence-electron chi connectivity index (χ1n) is 13.0. The zero-order chi connectivity index (χ0) is 30.1. The number of ether oxygens (including phenoxy) is 1. The maximum Gasteiger partial charge on any atom is 0.416 e. The molecule has 0 bridgehead atoms. The minimum atomic E-state index is -4.44. The van der Waals surface area contributed by atoms with E-state index in [4.69, 9.17) is 9.26 Å². The van der Waals surface area contributed by atoms with Gasteiger partial charge in [0.1, 0.15) is 23.1 Å². The highest BCUT2D eigenvalue weighted by Crippen LogP contribution is 2.37. The number of H-pyrrole nitrogens is 1. The Morgan fingerprint density at radius 1 is 1.07 bits per heavy atom. The molecule has 2 heterocycles. The van der Waals surface area contributed by atoms with Crippen LogP contribution in [-0.4, -0.2) is 56.1 Å². The van der Waals surface area contributed by atoms with E-state index in [2.05, 4.69) is 15.4 Å². The molecule has 1 unspecified atom stereocenters. The molecular formula is C27H33F3N4O5SSi. The molecule has 222 valence electrons. The van der Waals surface area contributed by atoms with Crippen molar-refractivity contribution in [2.75, 3.05) is 13.1 Å². The highest BCUT2D eigenvalue weighted by atomic mass is 32.2. The summed E-state index contributed by atoms with van der Waals surface area (Å²) in [6.45, 7) is 7.56. The number of piperidine rings is 1. The number of hydrogen-bond donors (Lipinski definition) is 2. The maximum atomic E-state index is 14.0. The molecule has 0 radical (unpaired) electrons. The Bertz CT molecular complexity index is 1450. The Morgan fingerprint density at radius 3 is 2.27 bits per heavy atom. The number of hydroxylamine groups is 1. The van der Waals surface area contributed by atoms with Gasteiger partial charge in [0.15, 0.2) is 0 Å². The summed E-state index contributed by atoms with van der Waals surface area (Å²) in [6.07, 6.45) is -1.10. The van der Waals surface area contributed by atoms with Crippen molar-refractivity contribution >= 4 is 24.2 Å². The molecule has 9 nitrogen and oxygen atoms in total. The second-order valence-electron chi connectivity index (χ2n) is 10.9. The second kappa shape index (κ2) is 11.6. The molecule has 41 heavy (non-hydrogen) atoms.